The van der Waals surface area contributed by atoms with E-state index >= 15 is 0 Å². The zero-order chi connectivity index (χ0) is 19.1. The van der Waals surface area contributed by atoms with Crippen LogP contribution in [0.3, 0.4) is 0 Å². The maximum absolute atomic E-state index is 6.19. The Hall–Kier alpha value is -2.40. The van der Waals surface area contributed by atoms with Gasteiger partial charge >= 0.3 is 0 Å². The zero-order valence-electron chi connectivity index (χ0n) is 16.6. The van der Waals surface area contributed by atoms with E-state index in [0.717, 1.165) is 68.4 Å². The van der Waals surface area contributed by atoms with Gasteiger partial charge in [-0.3, -0.25) is 4.90 Å². The molecule has 5 nitrogen and oxygen atoms in total. The molecule has 2 aromatic carbocycles. The molecular weight excluding hydrogens is 354 g/mol. The summed E-state index contributed by atoms with van der Waals surface area (Å²) >= 11 is 0. The summed E-state index contributed by atoms with van der Waals surface area (Å²) in [6, 6.07) is 9.01. The Morgan fingerprint density at radius 3 is 2.82 bits per heavy atom. The van der Waals surface area contributed by atoms with E-state index in [9.17, 15) is 0 Å². The van der Waals surface area contributed by atoms with E-state index in [2.05, 4.69) is 36.1 Å². The molecule has 0 bridgehead atoms. The van der Waals surface area contributed by atoms with Gasteiger partial charge < -0.3 is 18.9 Å². The molecule has 0 saturated heterocycles. The minimum Gasteiger partial charge on any atom is -0.493 e. The number of hydrogen-bond donors (Lipinski definition) is 0. The number of hydrogen-bond acceptors (Lipinski definition) is 5. The quantitative estimate of drug-likeness (QED) is 0.724. The molecule has 3 heterocycles. The largest absolute Gasteiger partial charge is 0.493 e. The summed E-state index contributed by atoms with van der Waals surface area (Å²) in [7, 11) is 1.72. The molecule has 1 unspecified atom stereocenters. The molecule has 0 fully saturated rings. The summed E-state index contributed by atoms with van der Waals surface area (Å²) in [5.41, 5.74) is 5.42. The van der Waals surface area contributed by atoms with Gasteiger partial charge in [0.25, 0.3) is 0 Å². The van der Waals surface area contributed by atoms with Gasteiger partial charge in [-0.05, 0) is 54.2 Å². The molecule has 3 aliphatic rings. The van der Waals surface area contributed by atoms with E-state index in [4.69, 9.17) is 18.9 Å². The van der Waals surface area contributed by atoms with Crippen molar-refractivity contribution in [1.29, 1.82) is 0 Å². The minimum atomic E-state index is 0.327. The van der Waals surface area contributed by atoms with E-state index in [1.165, 1.54) is 22.3 Å². The first-order valence-corrected chi connectivity index (χ1v) is 10.3. The van der Waals surface area contributed by atoms with Crippen molar-refractivity contribution in [1.82, 2.24) is 4.90 Å². The Labute approximate surface area is 166 Å². The first-order chi connectivity index (χ1) is 13.8. The van der Waals surface area contributed by atoms with Crippen molar-refractivity contribution in [3.8, 4) is 23.0 Å². The van der Waals surface area contributed by atoms with E-state index in [1.54, 1.807) is 7.11 Å². The van der Waals surface area contributed by atoms with Crippen molar-refractivity contribution < 1.29 is 18.9 Å². The highest BCUT2D eigenvalue weighted by Gasteiger charge is 2.35. The SMILES string of the molecule is CCCCOc1c(OC)ccc2c1CN1CCc3cc4c(cc3C1C2)OCO4. The lowest BCUT2D eigenvalue weighted by Gasteiger charge is -2.42. The summed E-state index contributed by atoms with van der Waals surface area (Å²) in [6.07, 6.45) is 4.20. The Morgan fingerprint density at radius 1 is 1.14 bits per heavy atom. The molecule has 148 valence electrons. The Bertz CT molecular complexity index is 895. The van der Waals surface area contributed by atoms with Gasteiger partial charge in [0.2, 0.25) is 6.79 Å². The third-order valence-electron chi connectivity index (χ3n) is 6.16. The lowest BCUT2D eigenvalue weighted by molar-refractivity contribution is 0.156. The fourth-order valence-electron chi connectivity index (χ4n) is 4.63. The maximum atomic E-state index is 6.19. The molecule has 0 aromatic heterocycles. The van der Waals surface area contributed by atoms with Gasteiger partial charge in [0.1, 0.15) is 0 Å². The fourth-order valence-corrected chi connectivity index (χ4v) is 4.63. The highest BCUT2D eigenvalue weighted by Crippen LogP contribution is 2.46. The van der Waals surface area contributed by atoms with E-state index in [-0.39, 0.29) is 0 Å². The Balaban J connectivity index is 1.50. The molecule has 3 aliphatic heterocycles. The van der Waals surface area contributed by atoms with Crippen molar-refractivity contribution in [3.63, 3.8) is 0 Å². The highest BCUT2D eigenvalue weighted by atomic mass is 16.7. The van der Waals surface area contributed by atoms with Crippen molar-refractivity contribution in [2.45, 2.75) is 45.2 Å². The molecule has 5 rings (SSSR count). The number of nitrogens with zero attached hydrogens (tertiary/aromatic N) is 1. The molecule has 0 aliphatic carbocycles. The van der Waals surface area contributed by atoms with Crippen LogP contribution in [0.5, 0.6) is 23.0 Å². The van der Waals surface area contributed by atoms with Gasteiger partial charge in [0.05, 0.1) is 13.7 Å². The van der Waals surface area contributed by atoms with Gasteiger partial charge in [-0.25, -0.2) is 0 Å². The third-order valence-corrected chi connectivity index (χ3v) is 6.16. The molecule has 0 amide bonds. The van der Waals surface area contributed by atoms with Crippen LogP contribution in [-0.4, -0.2) is 32.0 Å². The number of unbranched alkanes of at least 4 members (excludes halogenated alkanes) is 1. The Morgan fingerprint density at radius 2 is 2.00 bits per heavy atom. The van der Waals surface area contributed by atoms with Crippen LogP contribution in [0, 0.1) is 0 Å². The maximum Gasteiger partial charge on any atom is 0.231 e. The van der Waals surface area contributed by atoms with Crippen LogP contribution < -0.4 is 18.9 Å². The average molecular weight is 381 g/mol. The number of ether oxygens (including phenoxy) is 4. The van der Waals surface area contributed by atoms with Crippen LogP contribution in [0.1, 0.15) is 48.1 Å². The van der Waals surface area contributed by atoms with Crippen LogP contribution in [0.2, 0.25) is 0 Å². The highest BCUT2D eigenvalue weighted by molar-refractivity contribution is 5.55. The first-order valence-electron chi connectivity index (χ1n) is 10.3. The number of fused-ring (bicyclic) bond motifs is 5. The summed E-state index contributed by atoms with van der Waals surface area (Å²) in [5.74, 6) is 3.54. The second-order valence-corrected chi connectivity index (χ2v) is 7.78. The first kappa shape index (κ1) is 17.7. The smallest absolute Gasteiger partial charge is 0.231 e. The minimum absolute atomic E-state index is 0.327. The van der Waals surface area contributed by atoms with Crippen molar-refractivity contribution in [3.05, 3.63) is 46.5 Å². The molecule has 2 aromatic rings. The zero-order valence-corrected chi connectivity index (χ0v) is 16.6. The fraction of sp³-hybridized carbons (Fsp3) is 0.478. The van der Waals surface area contributed by atoms with E-state index < -0.39 is 0 Å². The summed E-state index contributed by atoms with van der Waals surface area (Å²) in [4.78, 5) is 2.57. The number of rotatable bonds is 5. The summed E-state index contributed by atoms with van der Waals surface area (Å²) < 4.78 is 23.0. The van der Waals surface area contributed by atoms with Crippen LogP contribution in [0.25, 0.3) is 0 Å². The van der Waals surface area contributed by atoms with Gasteiger partial charge in [-0.1, -0.05) is 19.4 Å². The van der Waals surface area contributed by atoms with Gasteiger partial charge in [-0.2, -0.15) is 0 Å². The van der Waals surface area contributed by atoms with Gasteiger partial charge in [0, 0.05) is 24.7 Å². The number of methoxy groups -OCH3 is 1. The van der Waals surface area contributed by atoms with Crippen LogP contribution in [-0.2, 0) is 19.4 Å². The monoisotopic (exact) mass is 381 g/mol. The lowest BCUT2D eigenvalue weighted by atomic mass is 9.83. The summed E-state index contributed by atoms with van der Waals surface area (Å²) in [6.45, 7) is 5.18. The molecular formula is C23H27NO4. The van der Waals surface area contributed by atoms with E-state index in [0.29, 0.717) is 12.8 Å². The predicted octanol–water partition coefficient (Wildman–Crippen LogP) is 4.26. The summed E-state index contributed by atoms with van der Waals surface area (Å²) in [5, 5.41) is 0. The predicted molar refractivity (Wildman–Crippen MR) is 107 cm³/mol. The van der Waals surface area contributed by atoms with E-state index in [1.807, 2.05) is 0 Å². The molecule has 0 radical (unpaired) electrons. The van der Waals surface area contributed by atoms with Crippen LogP contribution >= 0.6 is 0 Å². The third kappa shape index (κ3) is 2.89. The van der Waals surface area contributed by atoms with Crippen LogP contribution in [0.15, 0.2) is 24.3 Å². The van der Waals surface area contributed by atoms with Crippen molar-refractivity contribution in [2.75, 3.05) is 27.1 Å². The molecule has 5 heteroatoms. The standard InChI is InChI=1S/C23H27NO4/c1-3-4-9-26-23-18-13-24-8-7-16-11-21-22(28-14-27-21)12-17(16)19(24)10-15(18)5-6-20(23)25-2/h5-6,11-12,19H,3-4,7-10,13-14H2,1-2H3. The average Bonchev–Trinajstić information content (AvgIpc) is 3.18. The van der Waals surface area contributed by atoms with Gasteiger partial charge in [-0.15, -0.1) is 0 Å². The second-order valence-electron chi connectivity index (χ2n) is 7.78. The Kier molecular flexibility index (Phi) is 4.55. The van der Waals surface area contributed by atoms with Crippen molar-refractivity contribution in [2.24, 2.45) is 0 Å². The molecule has 28 heavy (non-hydrogen) atoms. The lowest BCUT2D eigenvalue weighted by Crippen LogP contribution is -2.39. The topological polar surface area (TPSA) is 40.2 Å². The molecule has 0 N–H and O–H groups in total. The number of benzene rings is 2. The normalized spacial score (nSPS) is 19.6. The van der Waals surface area contributed by atoms with Gasteiger partial charge in [0.15, 0.2) is 23.0 Å². The van der Waals surface area contributed by atoms with Crippen LogP contribution in [0.4, 0.5) is 0 Å². The van der Waals surface area contributed by atoms with Crippen molar-refractivity contribution >= 4 is 0 Å². The second kappa shape index (κ2) is 7.21. The molecule has 1 atom stereocenters. The molecule has 0 saturated carbocycles. The molecule has 0 spiro atoms.